The second kappa shape index (κ2) is 6.08. The SMILES string of the molecule is Cc1ccc(C(=O)NCC[C@@H]2C(=O)Nc3ccccc32)c(=O)[nH]1. The molecule has 0 aliphatic carbocycles. The average molecular weight is 311 g/mol. The number of hydrogen-bond donors (Lipinski definition) is 3. The number of hydrogen-bond acceptors (Lipinski definition) is 3. The van der Waals surface area contributed by atoms with Gasteiger partial charge in [-0.2, -0.15) is 0 Å². The van der Waals surface area contributed by atoms with Gasteiger partial charge in [-0.05, 0) is 37.1 Å². The molecule has 0 radical (unpaired) electrons. The van der Waals surface area contributed by atoms with Crippen LogP contribution in [-0.2, 0) is 4.79 Å². The monoisotopic (exact) mass is 311 g/mol. The normalized spacial score (nSPS) is 15.9. The van der Waals surface area contributed by atoms with Crippen LogP contribution in [0.4, 0.5) is 5.69 Å². The second-order valence-electron chi connectivity index (χ2n) is 5.56. The number of aromatic nitrogens is 1. The maximum absolute atomic E-state index is 12.0. The van der Waals surface area contributed by atoms with Gasteiger partial charge >= 0.3 is 0 Å². The lowest BCUT2D eigenvalue weighted by atomic mass is 9.97. The molecule has 6 nitrogen and oxygen atoms in total. The van der Waals surface area contributed by atoms with Crippen LogP contribution >= 0.6 is 0 Å². The molecule has 1 aliphatic rings. The number of carbonyl (C=O) groups excluding carboxylic acids is 2. The van der Waals surface area contributed by atoms with Gasteiger partial charge in [0.25, 0.3) is 11.5 Å². The van der Waals surface area contributed by atoms with Gasteiger partial charge in [-0.1, -0.05) is 18.2 Å². The first-order valence-electron chi connectivity index (χ1n) is 7.44. The molecule has 0 fully saturated rings. The minimum atomic E-state index is -0.432. The Morgan fingerprint density at radius 1 is 1.17 bits per heavy atom. The summed E-state index contributed by atoms with van der Waals surface area (Å²) in [6, 6.07) is 10.7. The highest BCUT2D eigenvalue weighted by Crippen LogP contribution is 2.33. The summed E-state index contributed by atoms with van der Waals surface area (Å²) in [5.41, 5.74) is 2.13. The van der Waals surface area contributed by atoms with Crippen molar-refractivity contribution in [2.24, 2.45) is 0 Å². The van der Waals surface area contributed by atoms with Crippen LogP contribution in [0.15, 0.2) is 41.2 Å². The van der Waals surface area contributed by atoms with Crippen LogP contribution in [0.5, 0.6) is 0 Å². The van der Waals surface area contributed by atoms with Gasteiger partial charge in [0.05, 0.1) is 5.92 Å². The molecule has 2 amide bonds. The highest BCUT2D eigenvalue weighted by atomic mass is 16.2. The molecular weight excluding hydrogens is 294 g/mol. The zero-order valence-electron chi connectivity index (χ0n) is 12.7. The lowest BCUT2D eigenvalue weighted by Gasteiger charge is -2.10. The number of aromatic amines is 1. The van der Waals surface area contributed by atoms with E-state index in [1.54, 1.807) is 13.0 Å². The molecule has 118 valence electrons. The van der Waals surface area contributed by atoms with E-state index in [9.17, 15) is 14.4 Å². The smallest absolute Gasteiger partial charge is 0.260 e. The number of fused-ring (bicyclic) bond motifs is 1. The highest BCUT2D eigenvalue weighted by molar-refractivity contribution is 6.02. The van der Waals surface area contributed by atoms with Gasteiger partial charge in [0.2, 0.25) is 5.91 Å². The minimum Gasteiger partial charge on any atom is -0.352 e. The zero-order chi connectivity index (χ0) is 16.4. The largest absolute Gasteiger partial charge is 0.352 e. The summed E-state index contributed by atoms with van der Waals surface area (Å²) in [5, 5.41) is 5.52. The van der Waals surface area contributed by atoms with Gasteiger partial charge < -0.3 is 15.6 Å². The van der Waals surface area contributed by atoms with Crippen molar-refractivity contribution >= 4 is 17.5 Å². The van der Waals surface area contributed by atoms with E-state index in [1.165, 1.54) is 6.07 Å². The van der Waals surface area contributed by atoms with Gasteiger partial charge in [-0.15, -0.1) is 0 Å². The molecular formula is C17H17N3O3. The standard InChI is InChI=1S/C17H17N3O3/c1-10-6-7-13(17(23)19-10)15(21)18-9-8-12-11-4-2-3-5-14(11)20-16(12)22/h2-7,12H,8-9H2,1H3,(H,18,21)(H,19,23)(H,20,22)/t12-/m0/s1. The first kappa shape index (κ1) is 15.0. The van der Waals surface area contributed by atoms with E-state index in [0.717, 1.165) is 11.3 Å². The lowest BCUT2D eigenvalue weighted by Crippen LogP contribution is -2.31. The molecule has 6 heteroatoms. The molecule has 0 unspecified atom stereocenters. The molecule has 2 heterocycles. The van der Waals surface area contributed by atoms with Gasteiger partial charge in [0, 0.05) is 17.9 Å². The lowest BCUT2D eigenvalue weighted by molar-refractivity contribution is -0.117. The maximum atomic E-state index is 12.0. The Kier molecular flexibility index (Phi) is 3.97. The van der Waals surface area contributed by atoms with E-state index in [4.69, 9.17) is 0 Å². The van der Waals surface area contributed by atoms with Crippen LogP contribution in [-0.4, -0.2) is 23.3 Å². The molecule has 1 atom stereocenters. The van der Waals surface area contributed by atoms with E-state index >= 15 is 0 Å². The number of carbonyl (C=O) groups is 2. The van der Waals surface area contributed by atoms with Crippen molar-refractivity contribution in [3.05, 3.63) is 63.6 Å². The summed E-state index contributed by atoms with van der Waals surface area (Å²) in [6.07, 6.45) is 0.484. The van der Waals surface area contributed by atoms with Crippen molar-refractivity contribution in [1.29, 1.82) is 0 Å². The third-order valence-corrected chi connectivity index (χ3v) is 3.93. The van der Waals surface area contributed by atoms with Crippen molar-refractivity contribution < 1.29 is 9.59 Å². The van der Waals surface area contributed by atoms with E-state index < -0.39 is 11.5 Å². The molecule has 1 aromatic carbocycles. The summed E-state index contributed by atoms with van der Waals surface area (Å²) < 4.78 is 0. The van der Waals surface area contributed by atoms with Gasteiger partial charge in [0.1, 0.15) is 5.56 Å². The van der Waals surface area contributed by atoms with E-state index in [0.29, 0.717) is 18.7 Å². The number of amides is 2. The maximum Gasteiger partial charge on any atom is 0.260 e. The Morgan fingerprint density at radius 2 is 1.96 bits per heavy atom. The first-order chi connectivity index (χ1) is 11.1. The highest BCUT2D eigenvalue weighted by Gasteiger charge is 2.29. The van der Waals surface area contributed by atoms with Gasteiger partial charge in [0.15, 0.2) is 0 Å². The van der Waals surface area contributed by atoms with Crippen LogP contribution in [0.3, 0.4) is 0 Å². The summed E-state index contributed by atoms with van der Waals surface area (Å²) >= 11 is 0. The third kappa shape index (κ3) is 3.01. The fourth-order valence-electron chi connectivity index (χ4n) is 2.74. The van der Waals surface area contributed by atoms with E-state index in [1.807, 2.05) is 24.3 Å². The fourth-order valence-corrected chi connectivity index (χ4v) is 2.74. The predicted octanol–water partition coefficient (Wildman–Crippen LogP) is 1.54. The summed E-state index contributed by atoms with van der Waals surface area (Å²) in [5.74, 6) is -0.769. The summed E-state index contributed by atoms with van der Waals surface area (Å²) in [7, 11) is 0. The van der Waals surface area contributed by atoms with Crippen LogP contribution in [0.2, 0.25) is 0 Å². The average Bonchev–Trinajstić information content (AvgIpc) is 2.83. The van der Waals surface area contributed by atoms with Crippen molar-refractivity contribution in [2.75, 3.05) is 11.9 Å². The van der Waals surface area contributed by atoms with Crippen LogP contribution in [0.1, 0.15) is 34.0 Å². The van der Waals surface area contributed by atoms with Gasteiger partial charge in [-0.25, -0.2) is 0 Å². The number of H-pyrrole nitrogens is 1. The number of benzene rings is 1. The number of anilines is 1. The third-order valence-electron chi connectivity index (χ3n) is 3.93. The van der Waals surface area contributed by atoms with E-state index in [-0.39, 0.29) is 17.4 Å². The number of nitrogens with one attached hydrogen (secondary N) is 3. The molecule has 3 rings (SSSR count). The molecule has 0 saturated carbocycles. The Labute approximate surface area is 132 Å². The van der Waals surface area contributed by atoms with Crippen LogP contribution in [0.25, 0.3) is 0 Å². The number of para-hydroxylation sites is 1. The molecule has 2 aromatic rings. The first-order valence-corrected chi connectivity index (χ1v) is 7.44. The molecule has 23 heavy (non-hydrogen) atoms. The molecule has 0 saturated heterocycles. The Balaban J connectivity index is 1.63. The van der Waals surface area contributed by atoms with Crippen molar-refractivity contribution in [3.63, 3.8) is 0 Å². The number of pyridine rings is 1. The summed E-state index contributed by atoms with van der Waals surface area (Å²) in [6.45, 7) is 2.07. The predicted molar refractivity (Wildman–Crippen MR) is 86.6 cm³/mol. The second-order valence-corrected chi connectivity index (χ2v) is 5.56. The van der Waals surface area contributed by atoms with Crippen molar-refractivity contribution in [3.8, 4) is 0 Å². The van der Waals surface area contributed by atoms with E-state index in [2.05, 4.69) is 15.6 Å². The fraction of sp³-hybridized carbons (Fsp3) is 0.235. The minimum absolute atomic E-state index is 0.0615. The summed E-state index contributed by atoms with van der Waals surface area (Å²) in [4.78, 5) is 38.4. The molecule has 3 N–H and O–H groups in total. The van der Waals surface area contributed by atoms with Crippen molar-refractivity contribution in [2.45, 2.75) is 19.3 Å². The van der Waals surface area contributed by atoms with Crippen LogP contribution in [0, 0.1) is 6.92 Å². The number of rotatable bonds is 4. The van der Waals surface area contributed by atoms with Crippen molar-refractivity contribution in [1.82, 2.24) is 10.3 Å². The topological polar surface area (TPSA) is 91.1 Å². The van der Waals surface area contributed by atoms with Gasteiger partial charge in [-0.3, -0.25) is 14.4 Å². The Bertz CT molecular complexity index is 826. The quantitative estimate of drug-likeness (QED) is 0.800. The van der Waals surface area contributed by atoms with Crippen LogP contribution < -0.4 is 16.2 Å². The molecule has 0 bridgehead atoms. The Morgan fingerprint density at radius 3 is 2.74 bits per heavy atom. The Hall–Kier alpha value is -2.89. The zero-order valence-corrected chi connectivity index (χ0v) is 12.7. The molecule has 0 spiro atoms. The molecule has 1 aliphatic heterocycles. The number of aryl methyl sites for hydroxylation is 1. The molecule has 1 aromatic heterocycles.